The highest BCUT2D eigenvalue weighted by atomic mass is 32.1. The summed E-state index contributed by atoms with van der Waals surface area (Å²) in [6.45, 7) is 8.81. The molecule has 0 aliphatic heterocycles. The fourth-order valence-corrected chi connectivity index (χ4v) is 3.56. The number of nitrogens with one attached hydrogen (secondary N) is 2. The lowest BCUT2D eigenvalue weighted by Gasteiger charge is -2.07. The first-order chi connectivity index (χ1) is 11.6. The maximum atomic E-state index is 14.0. The van der Waals surface area contributed by atoms with Crippen molar-refractivity contribution in [3.63, 3.8) is 0 Å². The molecule has 1 aromatic carbocycles. The van der Waals surface area contributed by atoms with Crippen molar-refractivity contribution in [3.05, 3.63) is 75.5 Å². The van der Waals surface area contributed by atoms with Crippen molar-refractivity contribution in [1.82, 2.24) is 10.3 Å². The van der Waals surface area contributed by atoms with Crippen LogP contribution in [0, 0.1) is 19.7 Å². The van der Waals surface area contributed by atoms with E-state index in [0.717, 1.165) is 35.3 Å². The van der Waals surface area contributed by atoms with Crippen LogP contribution in [0.2, 0.25) is 0 Å². The molecule has 3 rings (SSSR count). The zero-order valence-corrected chi connectivity index (χ0v) is 14.8. The molecule has 0 aliphatic carbocycles. The molecule has 2 heterocycles. The minimum Gasteiger partial charge on any atom is -0.385 e. The molecule has 2 N–H and O–H groups in total. The number of halogens is 1. The molecule has 2 aromatic heterocycles. The van der Waals surface area contributed by atoms with E-state index in [0.29, 0.717) is 5.52 Å². The van der Waals surface area contributed by atoms with Crippen LogP contribution in [0.5, 0.6) is 0 Å². The van der Waals surface area contributed by atoms with Gasteiger partial charge in [0.25, 0.3) is 0 Å². The third-order valence-electron chi connectivity index (χ3n) is 4.18. The zero-order chi connectivity index (χ0) is 17.1. The summed E-state index contributed by atoms with van der Waals surface area (Å²) in [4.78, 5) is 3.18. The largest absolute Gasteiger partial charge is 0.385 e. The van der Waals surface area contributed by atoms with Crippen LogP contribution in [-0.4, -0.2) is 11.5 Å². The standard InChI is InChI=1S/C20H21FN2S/c1-13-4-7-18(21)20-19(13)17(15(3)23-20)8-10-22-14(2)5-6-16-9-11-24-12-16/h4-7,9,11-12,22-23H,2,8,10H2,1,3H3/b6-5+. The van der Waals surface area contributed by atoms with Gasteiger partial charge in [-0.15, -0.1) is 0 Å². The molecule has 0 bridgehead atoms. The van der Waals surface area contributed by atoms with E-state index in [1.54, 1.807) is 11.3 Å². The second kappa shape index (κ2) is 7.05. The molecule has 0 atom stereocenters. The van der Waals surface area contributed by atoms with Crippen molar-refractivity contribution in [2.45, 2.75) is 20.3 Å². The van der Waals surface area contributed by atoms with E-state index in [1.807, 2.05) is 32.1 Å². The van der Waals surface area contributed by atoms with Crippen LogP contribution in [0.15, 0.2) is 47.3 Å². The number of hydrogen-bond acceptors (Lipinski definition) is 2. The lowest BCUT2D eigenvalue weighted by atomic mass is 10.0. The summed E-state index contributed by atoms with van der Waals surface area (Å²) in [5.41, 5.74) is 5.97. The first kappa shape index (κ1) is 16.5. The predicted octanol–water partition coefficient (Wildman–Crippen LogP) is 5.34. The molecule has 124 valence electrons. The molecule has 0 spiro atoms. The number of aromatic amines is 1. The third kappa shape index (κ3) is 3.44. The van der Waals surface area contributed by atoms with Crippen LogP contribution >= 0.6 is 11.3 Å². The summed E-state index contributed by atoms with van der Waals surface area (Å²) in [6.07, 6.45) is 4.85. The summed E-state index contributed by atoms with van der Waals surface area (Å²) in [5, 5.41) is 8.48. The first-order valence-electron chi connectivity index (χ1n) is 7.95. The maximum Gasteiger partial charge on any atom is 0.147 e. The van der Waals surface area contributed by atoms with E-state index >= 15 is 0 Å². The number of fused-ring (bicyclic) bond motifs is 1. The van der Waals surface area contributed by atoms with Gasteiger partial charge in [0, 0.05) is 23.3 Å². The minimum absolute atomic E-state index is 0.194. The van der Waals surface area contributed by atoms with E-state index in [9.17, 15) is 4.39 Å². The van der Waals surface area contributed by atoms with Crippen molar-refractivity contribution < 1.29 is 4.39 Å². The zero-order valence-electron chi connectivity index (χ0n) is 13.9. The summed E-state index contributed by atoms with van der Waals surface area (Å²) in [6, 6.07) is 5.43. The van der Waals surface area contributed by atoms with Gasteiger partial charge in [0.2, 0.25) is 0 Å². The quantitative estimate of drug-likeness (QED) is 0.582. The molecule has 0 aliphatic rings. The molecule has 0 saturated carbocycles. The van der Waals surface area contributed by atoms with Gasteiger partial charge in [-0.2, -0.15) is 11.3 Å². The number of thiophene rings is 1. The molecule has 0 unspecified atom stereocenters. The summed E-state index contributed by atoms with van der Waals surface area (Å²) >= 11 is 1.68. The van der Waals surface area contributed by atoms with Gasteiger partial charge in [0.05, 0.1) is 5.52 Å². The molecule has 0 fully saturated rings. The third-order valence-corrected chi connectivity index (χ3v) is 4.88. The van der Waals surface area contributed by atoms with Gasteiger partial charge in [-0.1, -0.05) is 18.7 Å². The monoisotopic (exact) mass is 340 g/mol. The van der Waals surface area contributed by atoms with E-state index in [2.05, 4.69) is 33.7 Å². The molecular formula is C20H21FN2S. The Bertz CT molecular complexity index is 888. The number of H-pyrrole nitrogens is 1. The molecule has 2 nitrogen and oxygen atoms in total. The SMILES string of the molecule is C=C(/C=C/c1ccsc1)NCCc1c(C)[nH]c2c(F)ccc(C)c12. The van der Waals surface area contributed by atoms with Gasteiger partial charge >= 0.3 is 0 Å². The Morgan fingerprint density at radius 1 is 1.33 bits per heavy atom. The van der Waals surface area contributed by atoms with Crippen molar-refractivity contribution >= 4 is 28.3 Å². The highest BCUT2D eigenvalue weighted by Gasteiger charge is 2.13. The maximum absolute atomic E-state index is 14.0. The molecule has 4 heteroatoms. The first-order valence-corrected chi connectivity index (χ1v) is 8.90. The van der Waals surface area contributed by atoms with Gasteiger partial charge in [-0.3, -0.25) is 0 Å². The number of benzene rings is 1. The average molecular weight is 340 g/mol. The Hall–Kier alpha value is -2.33. The molecular weight excluding hydrogens is 319 g/mol. The lowest BCUT2D eigenvalue weighted by molar-refractivity contribution is 0.637. The second-order valence-electron chi connectivity index (χ2n) is 5.93. The van der Waals surface area contributed by atoms with Crippen molar-refractivity contribution in [2.75, 3.05) is 6.54 Å². The van der Waals surface area contributed by atoms with E-state index in [-0.39, 0.29) is 5.82 Å². The fourth-order valence-electron chi connectivity index (χ4n) is 2.93. The average Bonchev–Trinajstić information content (AvgIpc) is 3.18. The summed E-state index contributed by atoms with van der Waals surface area (Å²) in [5.74, 6) is -0.194. The highest BCUT2D eigenvalue weighted by Crippen LogP contribution is 2.27. The molecule has 24 heavy (non-hydrogen) atoms. The number of aryl methyl sites for hydroxylation is 2. The normalized spacial score (nSPS) is 11.5. The van der Waals surface area contributed by atoms with E-state index in [4.69, 9.17) is 0 Å². The molecule has 3 aromatic rings. The van der Waals surface area contributed by atoms with Crippen molar-refractivity contribution in [2.24, 2.45) is 0 Å². The highest BCUT2D eigenvalue weighted by molar-refractivity contribution is 7.08. The van der Waals surface area contributed by atoms with Crippen LogP contribution in [0.4, 0.5) is 4.39 Å². The van der Waals surface area contributed by atoms with Gasteiger partial charge in [-0.25, -0.2) is 4.39 Å². The second-order valence-corrected chi connectivity index (χ2v) is 6.71. The van der Waals surface area contributed by atoms with E-state index < -0.39 is 0 Å². The van der Waals surface area contributed by atoms with Crippen LogP contribution < -0.4 is 5.32 Å². The van der Waals surface area contributed by atoms with Crippen molar-refractivity contribution in [1.29, 1.82) is 0 Å². The van der Waals surface area contributed by atoms with Gasteiger partial charge in [-0.05, 0) is 65.9 Å². The molecule has 0 radical (unpaired) electrons. The van der Waals surface area contributed by atoms with Crippen molar-refractivity contribution in [3.8, 4) is 0 Å². The van der Waals surface area contributed by atoms with Gasteiger partial charge in [0.1, 0.15) is 5.82 Å². The predicted molar refractivity (Wildman–Crippen MR) is 102 cm³/mol. The lowest BCUT2D eigenvalue weighted by Crippen LogP contribution is -2.15. The molecule has 0 amide bonds. The Morgan fingerprint density at radius 2 is 2.17 bits per heavy atom. The minimum atomic E-state index is -0.194. The Labute approximate surface area is 145 Å². The topological polar surface area (TPSA) is 27.8 Å². The van der Waals surface area contributed by atoms with Crippen LogP contribution in [0.25, 0.3) is 17.0 Å². The fraction of sp³-hybridized carbons (Fsp3) is 0.200. The summed E-state index contributed by atoms with van der Waals surface area (Å²) < 4.78 is 14.0. The van der Waals surface area contributed by atoms with Gasteiger partial charge in [0.15, 0.2) is 0 Å². The van der Waals surface area contributed by atoms with Crippen LogP contribution in [-0.2, 0) is 6.42 Å². The Balaban J connectivity index is 1.67. The number of aromatic nitrogens is 1. The van der Waals surface area contributed by atoms with Crippen LogP contribution in [0.3, 0.4) is 0 Å². The number of rotatable bonds is 6. The van der Waals surface area contributed by atoms with Crippen LogP contribution in [0.1, 0.15) is 22.4 Å². The number of hydrogen-bond donors (Lipinski definition) is 2. The Kier molecular flexibility index (Phi) is 4.86. The Morgan fingerprint density at radius 3 is 2.92 bits per heavy atom. The van der Waals surface area contributed by atoms with E-state index in [1.165, 1.54) is 17.2 Å². The molecule has 0 saturated heterocycles. The summed E-state index contributed by atoms with van der Waals surface area (Å²) in [7, 11) is 0. The van der Waals surface area contributed by atoms with Gasteiger partial charge < -0.3 is 10.3 Å². The smallest absolute Gasteiger partial charge is 0.147 e. The number of allylic oxidation sites excluding steroid dienone is 1.